The van der Waals surface area contributed by atoms with Gasteiger partial charge < -0.3 is 14.9 Å². The van der Waals surface area contributed by atoms with Crippen molar-refractivity contribution in [1.82, 2.24) is 0 Å². The van der Waals surface area contributed by atoms with E-state index in [1.165, 1.54) is 0 Å². The Hall–Kier alpha value is -1.20. The lowest BCUT2D eigenvalue weighted by Crippen LogP contribution is -2.36. The van der Waals surface area contributed by atoms with E-state index in [4.69, 9.17) is 4.74 Å². The van der Waals surface area contributed by atoms with Gasteiger partial charge in [0.15, 0.2) is 5.78 Å². The lowest BCUT2D eigenvalue weighted by atomic mass is 9.86. The molecule has 0 radical (unpaired) electrons. The molecule has 1 heterocycles. The van der Waals surface area contributed by atoms with Crippen molar-refractivity contribution in [1.29, 1.82) is 0 Å². The van der Waals surface area contributed by atoms with Gasteiger partial charge in [0.1, 0.15) is 6.10 Å². The minimum atomic E-state index is -0.677. The van der Waals surface area contributed by atoms with Crippen LogP contribution in [0.4, 0.5) is 0 Å². The highest BCUT2D eigenvalue weighted by Crippen LogP contribution is 2.26. The van der Waals surface area contributed by atoms with Crippen LogP contribution in [0.5, 0.6) is 0 Å². The second-order valence-corrected chi connectivity index (χ2v) is 7.44. The Labute approximate surface area is 145 Å². The summed E-state index contributed by atoms with van der Waals surface area (Å²) < 4.78 is 5.41. The van der Waals surface area contributed by atoms with Gasteiger partial charge in [0, 0.05) is 0 Å². The van der Waals surface area contributed by atoms with Crippen LogP contribution in [0.25, 0.3) is 0 Å². The summed E-state index contributed by atoms with van der Waals surface area (Å²) in [6, 6.07) is 0. The Kier molecular flexibility index (Phi) is 8.10. The van der Waals surface area contributed by atoms with Crippen molar-refractivity contribution in [2.24, 2.45) is 17.8 Å². The topological polar surface area (TPSA) is 83.8 Å². The van der Waals surface area contributed by atoms with E-state index in [2.05, 4.69) is 0 Å². The number of rotatable bonds is 6. The molecular formula is C19H32O5. The number of allylic oxidation sites excluding steroid dienone is 1. The van der Waals surface area contributed by atoms with Gasteiger partial charge in [0.25, 0.3) is 0 Å². The number of Topliss-reactive ketones (excluding diaryl/α,β-unsaturated/α-hetero) is 1. The number of ketones is 1. The molecule has 0 aromatic heterocycles. The summed E-state index contributed by atoms with van der Waals surface area (Å²) in [6.45, 7) is 9.29. The number of hydrogen-bond acceptors (Lipinski definition) is 5. The van der Waals surface area contributed by atoms with Gasteiger partial charge >= 0.3 is 5.97 Å². The van der Waals surface area contributed by atoms with Crippen LogP contribution >= 0.6 is 0 Å². The average molecular weight is 340 g/mol. The fourth-order valence-corrected chi connectivity index (χ4v) is 2.82. The van der Waals surface area contributed by atoms with E-state index in [1.807, 2.05) is 20.8 Å². The van der Waals surface area contributed by atoms with Crippen molar-refractivity contribution in [3.05, 3.63) is 11.6 Å². The number of esters is 1. The van der Waals surface area contributed by atoms with Crippen LogP contribution in [0.1, 0.15) is 60.3 Å². The smallest absolute Gasteiger partial charge is 0.308 e. The zero-order valence-corrected chi connectivity index (χ0v) is 15.5. The first-order valence-electron chi connectivity index (χ1n) is 8.90. The van der Waals surface area contributed by atoms with Crippen LogP contribution in [0.2, 0.25) is 0 Å². The van der Waals surface area contributed by atoms with E-state index in [0.29, 0.717) is 24.8 Å². The number of aliphatic hydroxyl groups excluding tert-OH is 2. The molecule has 0 bridgehead atoms. The summed E-state index contributed by atoms with van der Waals surface area (Å²) in [7, 11) is 0. The first-order chi connectivity index (χ1) is 11.1. The molecule has 2 N–H and O–H groups in total. The molecule has 138 valence electrons. The van der Waals surface area contributed by atoms with Gasteiger partial charge in [-0.05, 0) is 43.6 Å². The fourth-order valence-electron chi connectivity index (χ4n) is 2.82. The van der Waals surface area contributed by atoms with Gasteiger partial charge in [-0.15, -0.1) is 0 Å². The first-order valence-corrected chi connectivity index (χ1v) is 8.90. The van der Waals surface area contributed by atoms with Crippen LogP contribution in [0.15, 0.2) is 11.6 Å². The Morgan fingerprint density at radius 1 is 1.33 bits per heavy atom. The van der Waals surface area contributed by atoms with Crippen molar-refractivity contribution in [2.45, 2.75) is 78.6 Å². The zero-order valence-electron chi connectivity index (χ0n) is 15.5. The minimum absolute atomic E-state index is 0.0143. The number of hydrogen-bond donors (Lipinski definition) is 2. The summed E-state index contributed by atoms with van der Waals surface area (Å²) in [5.41, 5.74) is 0.591. The molecule has 0 aromatic carbocycles. The van der Waals surface area contributed by atoms with Crippen LogP contribution in [0.3, 0.4) is 0 Å². The highest BCUT2D eigenvalue weighted by atomic mass is 16.5. The zero-order chi connectivity index (χ0) is 18.4. The standard InChI is InChI=1S/C19H32O5/c1-11(2)15(20)8-6-13(4)19(23)14(5)17-9-7-12(3)16(21)10-18(22)24-17/h6,11-12,14-17,20-21H,7-10H2,1-5H3/b13-6+/t12-,14-,15-,16+,17-/m1/s1. The summed E-state index contributed by atoms with van der Waals surface area (Å²) in [4.78, 5) is 24.4. The van der Waals surface area contributed by atoms with Gasteiger partial charge in [0.05, 0.1) is 24.5 Å². The molecule has 5 heteroatoms. The molecule has 1 rings (SSSR count). The third-order valence-corrected chi connectivity index (χ3v) is 5.02. The van der Waals surface area contributed by atoms with Gasteiger partial charge in [0.2, 0.25) is 0 Å². The summed E-state index contributed by atoms with van der Waals surface area (Å²) in [6.07, 6.45) is 1.86. The summed E-state index contributed by atoms with van der Waals surface area (Å²) >= 11 is 0. The van der Waals surface area contributed by atoms with Crippen LogP contribution in [0, 0.1) is 17.8 Å². The number of carbonyl (C=O) groups is 2. The molecule has 0 saturated carbocycles. The van der Waals surface area contributed by atoms with Crippen LogP contribution < -0.4 is 0 Å². The van der Waals surface area contributed by atoms with Crippen LogP contribution in [-0.4, -0.2) is 40.3 Å². The molecular weight excluding hydrogens is 308 g/mol. The molecule has 0 spiro atoms. The molecule has 5 nitrogen and oxygen atoms in total. The van der Waals surface area contributed by atoms with E-state index in [0.717, 1.165) is 0 Å². The summed E-state index contributed by atoms with van der Waals surface area (Å²) in [5.74, 6) is -0.779. The molecule has 0 amide bonds. The van der Waals surface area contributed by atoms with Crippen molar-refractivity contribution in [3.8, 4) is 0 Å². The maximum Gasteiger partial charge on any atom is 0.308 e. The first kappa shape index (κ1) is 20.8. The SMILES string of the molecule is C/C(=C\C[C@@H](O)C(C)C)C(=O)[C@H](C)[C@H]1CC[C@@H](C)[C@@H](O)CC(=O)O1. The fraction of sp³-hybridized carbons (Fsp3) is 0.789. The van der Waals surface area contributed by atoms with Crippen LogP contribution in [-0.2, 0) is 14.3 Å². The molecule has 1 aliphatic heterocycles. The molecule has 1 aliphatic rings. The monoisotopic (exact) mass is 340 g/mol. The van der Waals surface area contributed by atoms with Crippen molar-refractivity contribution in [2.75, 3.05) is 0 Å². The van der Waals surface area contributed by atoms with Crippen molar-refractivity contribution < 1.29 is 24.5 Å². The molecule has 1 fully saturated rings. The molecule has 5 atom stereocenters. The minimum Gasteiger partial charge on any atom is -0.462 e. The largest absolute Gasteiger partial charge is 0.462 e. The van der Waals surface area contributed by atoms with Gasteiger partial charge in [-0.3, -0.25) is 9.59 Å². The van der Waals surface area contributed by atoms with E-state index < -0.39 is 30.2 Å². The Bertz CT molecular complexity index is 468. The van der Waals surface area contributed by atoms with E-state index in [-0.39, 0.29) is 24.0 Å². The second kappa shape index (κ2) is 9.33. The quantitative estimate of drug-likeness (QED) is 0.574. The van der Waals surface area contributed by atoms with Gasteiger partial charge in [-0.1, -0.05) is 33.8 Å². The number of carbonyl (C=O) groups excluding carboxylic acids is 2. The highest BCUT2D eigenvalue weighted by molar-refractivity contribution is 5.96. The van der Waals surface area contributed by atoms with Gasteiger partial charge in [-0.2, -0.15) is 0 Å². The van der Waals surface area contributed by atoms with E-state index in [1.54, 1.807) is 19.9 Å². The number of ether oxygens (including phenoxy) is 1. The second-order valence-electron chi connectivity index (χ2n) is 7.44. The van der Waals surface area contributed by atoms with Crippen molar-refractivity contribution >= 4 is 11.8 Å². The third kappa shape index (κ3) is 6.02. The maximum absolute atomic E-state index is 12.6. The Morgan fingerprint density at radius 2 is 1.96 bits per heavy atom. The number of cyclic esters (lactones) is 1. The third-order valence-electron chi connectivity index (χ3n) is 5.02. The maximum atomic E-state index is 12.6. The molecule has 0 unspecified atom stereocenters. The van der Waals surface area contributed by atoms with E-state index in [9.17, 15) is 19.8 Å². The number of aliphatic hydroxyl groups is 2. The lowest BCUT2D eigenvalue weighted by Gasteiger charge is -2.29. The highest BCUT2D eigenvalue weighted by Gasteiger charge is 2.32. The Balaban J connectivity index is 2.72. The van der Waals surface area contributed by atoms with E-state index >= 15 is 0 Å². The molecule has 1 saturated heterocycles. The molecule has 0 aromatic rings. The predicted octanol–water partition coefficient (Wildman–Crippen LogP) is 2.64. The molecule has 0 aliphatic carbocycles. The van der Waals surface area contributed by atoms with Crippen molar-refractivity contribution in [3.63, 3.8) is 0 Å². The lowest BCUT2D eigenvalue weighted by molar-refractivity contribution is -0.158. The Morgan fingerprint density at radius 3 is 2.54 bits per heavy atom. The normalized spacial score (nSPS) is 28.8. The average Bonchev–Trinajstić information content (AvgIpc) is 2.52. The van der Waals surface area contributed by atoms with Gasteiger partial charge in [-0.25, -0.2) is 0 Å². The molecule has 24 heavy (non-hydrogen) atoms. The summed E-state index contributed by atoms with van der Waals surface area (Å²) in [5, 5.41) is 19.7. The predicted molar refractivity (Wildman–Crippen MR) is 92.3 cm³/mol.